The second-order valence-corrected chi connectivity index (χ2v) is 5.38. The summed E-state index contributed by atoms with van der Waals surface area (Å²) in [4.78, 5) is 14.8. The second-order valence-electron chi connectivity index (χ2n) is 4.46. The van der Waals surface area contributed by atoms with Gasteiger partial charge in [-0.15, -0.1) is 0 Å². The van der Waals surface area contributed by atoms with E-state index in [4.69, 9.17) is 0 Å². The summed E-state index contributed by atoms with van der Waals surface area (Å²) in [7, 11) is 0. The smallest absolute Gasteiger partial charge is 0.272 e. The fourth-order valence-corrected chi connectivity index (χ4v) is 1.99. The maximum absolute atomic E-state index is 11.9. The fourth-order valence-electron chi connectivity index (χ4n) is 1.65. The first kappa shape index (κ1) is 12.9. The average Bonchev–Trinajstić information content (AvgIpc) is 2.76. The Morgan fingerprint density at radius 2 is 1.94 bits per heavy atom. The molecule has 0 aliphatic heterocycles. The maximum Gasteiger partial charge on any atom is 0.272 e. The molecule has 0 unspecified atom stereocenters. The summed E-state index contributed by atoms with van der Waals surface area (Å²) in [5, 5.41) is 2.85. The first-order chi connectivity index (χ1) is 8.56. The Hall–Kier alpha value is -1.55. The van der Waals surface area contributed by atoms with E-state index in [0.717, 1.165) is 10.2 Å². The summed E-state index contributed by atoms with van der Waals surface area (Å²) in [6.07, 6.45) is 1.73. The van der Waals surface area contributed by atoms with Gasteiger partial charge >= 0.3 is 0 Å². The summed E-state index contributed by atoms with van der Waals surface area (Å²) >= 11 is 3.30. The normalized spacial score (nSPS) is 10.7. The van der Waals surface area contributed by atoms with E-state index in [1.54, 1.807) is 12.3 Å². The van der Waals surface area contributed by atoms with E-state index in [-0.39, 0.29) is 5.91 Å². The van der Waals surface area contributed by atoms with Crippen molar-refractivity contribution in [2.45, 2.75) is 19.8 Å². The van der Waals surface area contributed by atoms with Crippen LogP contribution in [0.25, 0.3) is 0 Å². The molecule has 1 amide bonds. The molecule has 0 saturated heterocycles. The van der Waals surface area contributed by atoms with Gasteiger partial charge < -0.3 is 10.3 Å². The lowest BCUT2D eigenvalue weighted by atomic mass is 10.0. The molecule has 1 aromatic carbocycles. The molecule has 0 spiro atoms. The largest absolute Gasteiger partial charge is 0.356 e. The molecule has 0 saturated carbocycles. The molecular formula is C14H15BrN2O. The van der Waals surface area contributed by atoms with Gasteiger partial charge in [-0.3, -0.25) is 4.79 Å². The van der Waals surface area contributed by atoms with Crippen LogP contribution in [-0.4, -0.2) is 10.9 Å². The van der Waals surface area contributed by atoms with Crippen molar-refractivity contribution in [1.29, 1.82) is 0 Å². The van der Waals surface area contributed by atoms with Crippen LogP contribution in [0.1, 0.15) is 35.8 Å². The van der Waals surface area contributed by atoms with Gasteiger partial charge in [-0.25, -0.2) is 0 Å². The lowest BCUT2D eigenvalue weighted by Gasteiger charge is -2.07. The minimum Gasteiger partial charge on any atom is -0.356 e. The second kappa shape index (κ2) is 5.40. The van der Waals surface area contributed by atoms with Crippen LogP contribution in [-0.2, 0) is 0 Å². The summed E-state index contributed by atoms with van der Waals surface area (Å²) in [6.45, 7) is 4.29. The van der Waals surface area contributed by atoms with Gasteiger partial charge in [0.05, 0.1) is 0 Å². The number of nitrogens with one attached hydrogen (secondary N) is 2. The molecule has 0 radical (unpaired) electrons. The van der Waals surface area contributed by atoms with E-state index in [1.165, 1.54) is 5.56 Å². The van der Waals surface area contributed by atoms with Crippen molar-refractivity contribution in [3.63, 3.8) is 0 Å². The number of halogens is 1. The monoisotopic (exact) mass is 306 g/mol. The zero-order chi connectivity index (χ0) is 13.1. The number of anilines is 1. The van der Waals surface area contributed by atoms with Crippen LogP contribution < -0.4 is 5.32 Å². The standard InChI is InChI=1S/C14H15BrN2O/c1-9(2)10-3-5-12(6-4-10)17-14(18)13-7-11(15)8-16-13/h3-9,16H,1-2H3,(H,17,18). The number of hydrogen-bond donors (Lipinski definition) is 2. The van der Waals surface area contributed by atoms with Crippen LogP contribution in [0.3, 0.4) is 0 Å². The van der Waals surface area contributed by atoms with Crippen molar-refractivity contribution in [3.8, 4) is 0 Å². The van der Waals surface area contributed by atoms with Crippen molar-refractivity contribution in [3.05, 3.63) is 52.3 Å². The van der Waals surface area contributed by atoms with Crippen LogP contribution in [0.4, 0.5) is 5.69 Å². The van der Waals surface area contributed by atoms with Crippen molar-refractivity contribution < 1.29 is 4.79 Å². The molecule has 94 valence electrons. The molecule has 4 heteroatoms. The SMILES string of the molecule is CC(C)c1ccc(NC(=O)c2cc(Br)c[nH]2)cc1. The van der Waals surface area contributed by atoms with Gasteiger partial charge in [0.2, 0.25) is 0 Å². The number of carbonyl (C=O) groups is 1. The Balaban J connectivity index is 2.07. The number of aromatic amines is 1. The van der Waals surface area contributed by atoms with E-state index in [1.807, 2.05) is 24.3 Å². The molecule has 2 rings (SSSR count). The Bertz CT molecular complexity index is 543. The highest BCUT2D eigenvalue weighted by molar-refractivity contribution is 9.10. The predicted octanol–water partition coefficient (Wildman–Crippen LogP) is 4.15. The van der Waals surface area contributed by atoms with E-state index in [9.17, 15) is 4.79 Å². The van der Waals surface area contributed by atoms with E-state index >= 15 is 0 Å². The highest BCUT2D eigenvalue weighted by Crippen LogP contribution is 2.18. The van der Waals surface area contributed by atoms with Crippen molar-refractivity contribution >= 4 is 27.5 Å². The zero-order valence-electron chi connectivity index (χ0n) is 10.3. The zero-order valence-corrected chi connectivity index (χ0v) is 11.9. The quantitative estimate of drug-likeness (QED) is 0.879. The lowest BCUT2D eigenvalue weighted by molar-refractivity contribution is 0.102. The number of hydrogen-bond acceptors (Lipinski definition) is 1. The number of benzene rings is 1. The molecule has 3 nitrogen and oxygen atoms in total. The minimum absolute atomic E-state index is 0.141. The van der Waals surface area contributed by atoms with Crippen LogP contribution >= 0.6 is 15.9 Å². The number of aromatic nitrogens is 1. The lowest BCUT2D eigenvalue weighted by Crippen LogP contribution is -2.12. The van der Waals surface area contributed by atoms with Crippen LogP contribution in [0, 0.1) is 0 Å². The molecular weight excluding hydrogens is 292 g/mol. The number of amides is 1. The maximum atomic E-state index is 11.9. The van der Waals surface area contributed by atoms with Gasteiger partial charge in [0.15, 0.2) is 0 Å². The van der Waals surface area contributed by atoms with E-state index in [0.29, 0.717) is 11.6 Å². The first-order valence-corrected chi connectivity index (χ1v) is 6.61. The Morgan fingerprint density at radius 1 is 1.28 bits per heavy atom. The Kier molecular flexibility index (Phi) is 3.87. The van der Waals surface area contributed by atoms with Crippen molar-refractivity contribution in [2.24, 2.45) is 0 Å². The summed E-state index contributed by atoms with van der Waals surface area (Å²) < 4.78 is 0.864. The third kappa shape index (κ3) is 3.01. The first-order valence-electron chi connectivity index (χ1n) is 5.81. The predicted molar refractivity (Wildman–Crippen MR) is 77.0 cm³/mol. The summed E-state index contributed by atoms with van der Waals surface area (Å²) in [5.41, 5.74) is 2.60. The molecule has 0 fully saturated rings. The van der Waals surface area contributed by atoms with Gasteiger partial charge in [-0.2, -0.15) is 0 Å². The van der Waals surface area contributed by atoms with Crippen LogP contribution in [0.2, 0.25) is 0 Å². The highest BCUT2D eigenvalue weighted by atomic mass is 79.9. The van der Waals surface area contributed by atoms with Gasteiger partial charge in [0.1, 0.15) is 5.69 Å². The fraction of sp³-hybridized carbons (Fsp3) is 0.214. The van der Waals surface area contributed by atoms with Gasteiger partial charge in [-0.05, 0) is 45.6 Å². The molecule has 1 heterocycles. The van der Waals surface area contributed by atoms with Crippen LogP contribution in [0.15, 0.2) is 41.0 Å². The molecule has 0 aliphatic rings. The molecule has 1 aromatic heterocycles. The van der Waals surface area contributed by atoms with Gasteiger partial charge in [-0.1, -0.05) is 26.0 Å². The average molecular weight is 307 g/mol. The highest BCUT2D eigenvalue weighted by Gasteiger charge is 2.08. The third-order valence-electron chi connectivity index (χ3n) is 2.73. The molecule has 0 bridgehead atoms. The van der Waals surface area contributed by atoms with Gasteiger partial charge in [0, 0.05) is 16.4 Å². The Labute approximate surface area is 115 Å². The van der Waals surface area contributed by atoms with E-state index < -0.39 is 0 Å². The topological polar surface area (TPSA) is 44.9 Å². The summed E-state index contributed by atoms with van der Waals surface area (Å²) in [6, 6.07) is 9.66. The summed E-state index contributed by atoms with van der Waals surface area (Å²) in [5.74, 6) is 0.354. The Morgan fingerprint density at radius 3 is 2.44 bits per heavy atom. The minimum atomic E-state index is -0.141. The van der Waals surface area contributed by atoms with Crippen molar-refractivity contribution in [2.75, 3.05) is 5.32 Å². The third-order valence-corrected chi connectivity index (χ3v) is 3.19. The molecule has 18 heavy (non-hydrogen) atoms. The molecule has 0 aliphatic carbocycles. The van der Waals surface area contributed by atoms with E-state index in [2.05, 4.69) is 40.1 Å². The van der Waals surface area contributed by atoms with Crippen molar-refractivity contribution in [1.82, 2.24) is 4.98 Å². The van der Waals surface area contributed by atoms with Crippen LogP contribution in [0.5, 0.6) is 0 Å². The number of carbonyl (C=O) groups excluding carboxylic acids is 1. The molecule has 2 N–H and O–H groups in total. The number of rotatable bonds is 3. The number of H-pyrrole nitrogens is 1. The molecule has 2 aromatic rings. The van der Waals surface area contributed by atoms with Gasteiger partial charge in [0.25, 0.3) is 5.91 Å². The molecule has 0 atom stereocenters.